The number of fused-ring (bicyclic) bond motifs is 1. The Morgan fingerprint density at radius 1 is 1.07 bits per heavy atom. The van der Waals surface area contributed by atoms with Gasteiger partial charge >= 0.3 is 0 Å². The number of carbonyl (C=O) groups is 1. The number of anilines is 1. The van der Waals surface area contributed by atoms with Gasteiger partial charge in [0.05, 0.1) is 16.8 Å². The van der Waals surface area contributed by atoms with E-state index in [1.54, 1.807) is 0 Å². The monoisotopic (exact) mass is 403 g/mol. The molecule has 3 aromatic rings. The number of likely N-dealkylation sites (N-methyl/N-ethyl adjacent to an activating group) is 1. The van der Waals surface area contributed by atoms with Gasteiger partial charge in [0.25, 0.3) is 5.91 Å². The van der Waals surface area contributed by atoms with Crippen LogP contribution in [0.2, 0.25) is 0 Å². The number of piperazine rings is 1. The Balaban J connectivity index is 1.39. The SMILES string of the molecule is CCN1CCN(c2ccc(CNC(=O)c3cc4cc(C)ccc4nc3C)cn2)CC1. The van der Waals surface area contributed by atoms with Crippen molar-refractivity contribution < 1.29 is 4.79 Å². The van der Waals surface area contributed by atoms with Crippen LogP contribution in [0.1, 0.15) is 34.1 Å². The van der Waals surface area contributed by atoms with Crippen molar-refractivity contribution >= 4 is 22.6 Å². The van der Waals surface area contributed by atoms with E-state index < -0.39 is 0 Å². The number of nitrogens with zero attached hydrogens (tertiary/aromatic N) is 4. The summed E-state index contributed by atoms with van der Waals surface area (Å²) in [5.74, 6) is 0.897. The zero-order valence-corrected chi connectivity index (χ0v) is 18.0. The Kier molecular flexibility index (Phi) is 5.95. The van der Waals surface area contributed by atoms with Gasteiger partial charge in [0.15, 0.2) is 0 Å². The fourth-order valence-electron chi connectivity index (χ4n) is 3.90. The Hall–Kier alpha value is -2.99. The predicted octanol–water partition coefficient (Wildman–Crippen LogP) is 3.32. The third kappa shape index (κ3) is 4.44. The number of carbonyl (C=O) groups excluding carboxylic acids is 1. The molecule has 1 amide bonds. The molecule has 0 radical (unpaired) electrons. The summed E-state index contributed by atoms with van der Waals surface area (Å²) in [5.41, 5.74) is 4.41. The minimum atomic E-state index is -0.108. The fraction of sp³-hybridized carbons (Fsp3) is 0.375. The van der Waals surface area contributed by atoms with E-state index in [1.165, 1.54) is 0 Å². The van der Waals surface area contributed by atoms with Crippen molar-refractivity contribution in [1.29, 1.82) is 0 Å². The molecular formula is C24H29N5O. The van der Waals surface area contributed by atoms with Crippen LogP contribution in [0.5, 0.6) is 0 Å². The highest BCUT2D eigenvalue weighted by Crippen LogP contribution is 2.18. The van der Waals surface area contributed by atoms with Crippen LogP contribution in [0.25, 0.3) is 10.9 Å². The lowest BCUT2D eigenvalue weighted by Crippen LogP contribution is -2.46. The van der Waals surface area contributed by atoms with E-state index in [1.807, 2.05) is 44.3 Å². The normalized spacial score (nSPS) is 14.8. The summed E-state index contributed by atoms with van der Waals surface area (Å²) in [7, 11) is 0. The second kappa shape index (κ2) is 8.79. The lowest BCUT2D eigenvalue weighted by molar-refractivity contribution is 0.0950. The molecule has 1 aromatic carbocycles. The summed E-state index contributed by atoms with van der Waals surface area (Å²) >= 11 is 0. The summed E-state index contributed by atoms with van der Waals surface area (Å²) in [6.07, 6.45) is 1.86. The smallest absolute Gasteiger partial charge is 0.253 e. The molecule has 0 unspecified atom stereocenters. The summed E-state index contributed by atoms with van der Waals surface area (Å²) in [6, 6.07) is 12.1. The Morgan fingerprint density at radius 2 is 1.87 bits per heavy atom. The highest BCUT2D eigenvalue weighted by molar-refractivity contribution is 5.98. The van der Waals surface area contributed by atoms with E-state index in [0.717, 1.165) is 66.3 Å². The fourth-order valence-corrected chi connectivity index (χ4v) is 3.90. The van der Waals surface area contributed by atoms with Crippen molar-refractivity contribution in [2.75, 3.05) is 37.6 Å². The highest BCUT2D eigenvalue weighted by Gasteiger charge is 2.17. The number of aromatic nitrogens is 2. The number of pyridine rings is 2. The van der Waals surface area contributed by atoms with Gasteiger partial charge in [-0.3, -0.25) is 9.78 Å². The topological polar surface area (TPSA) is 61.4 Å². The predicted molar refractivity (Wildman–Crippen MR) is 121 cm³/mol. The number of amides is 1. The molecule has 1 saturated heterocycles. The number of hydrogen-bond acceptors (Lipinski definition) is 5. The first-order chi connectivity index (χ1) is 14.5. The quantitative estimate of drug-likeness (QED) is 0.708. The van der Waals surface area contributed by atoms with Gasteiger partial charge in [0.2, 0.25) is 0 Å². The zero-order valence-electron chi connectivity index (χ0n) is 18.0. The molecule has 4 rings (SSSR count). The molecular weight excluding hydrogens is 374 g/mol. The average molecular weight is 404 g/mol. The van der Waals surface area contributed by atoms with Gasteiger partial charge in [0, 0.05) is 44.3 Å². The summed E-state index contributed by atoms with van der Waals surface area (Å²) < 4.78 is 0. The van der Waals surface area contributed by atoms with Crippen molar-refractivity contribution in [3.63, 3.8) is 0 Å². The van der Waals surface area contributed by atoms with Gasteiger partial charge in [-0.05, 0) is 50.2 Å². The molecule has 0 saturated carbocycles. The van der Waals surface area contributed by atoms with Crippen molar-refractivity contribution in [2.45, 2.75) is 27.3 Å². The Bertz CT molecular complexity index is 1040. The Labute approximate surface area is 177 Å². The lowest BCUT2D eigenvalue weighted by atomic mass is 10.1. The molecule has 0 spiro atoms. The van der Waals surface area contributed by atoms with Gasteiger partial charge in [-0.15, -0.1) is 0 Å². The van der Waals surface area contributed by atoms with E-state index in [2.05, 4.69) is 44.1 Å². The Morgan fingerprint density at radius 3 is 2.57 bits per heavy atom. The maximum absolute atomic E-state index is 12.8. The second-order valence-corrected chi connectivity index (χ2v) is 7.95. The van der Waals surface area contributed by atoms with E-state index in [9.17, 15) is 4.79 Å². The van der Waals surface area contributed by atoms with E-state index in [0.29, 0.717) is 12.1 Å². The summed E-state index contributed by atoms with van der Waals surface area (Å²) in [4.78, 5) is 26.7. The molecule has 6 heteroatoms. The number of aryl methyl sites for hydroxylation is 2. The average Bonchev–Trinajstić information content (AvgIpc) is 2.77. The van der Waals surface area contributed by atoms with Gasteiger partial charge < -0.3 is 15.1 Å². The molecule has 30 heavy (non-hydrogen) atoms. The number of benzene rings is 1. The maximum Gasteiger partial charge on any atom is 0.253 e. The van der Waals surface area contributed by atoms with Crippen LogP contribution >= 0.6 is 0 Å². The largest absolute Gasteiger partial charge is 0.354 e. The van der Waals surface area contributed by atoms with Crippen molar-refractivity contribution in [3.8, 4) is 0 Å². The summed E-state index contributed by atoms with van der Waals surface area (Å²) in [6.45, 7) is 11.8. The van der Waals surface area contributed by atoms with Crippen LogP contribution in [-0.2, 0) is 6.54 Å². The number of hydrogen-bond donors (Lipinski definition) is 1. The lowest BCUT2D eigenvalue weighted by Gasteiger charge is -2.34. The first kappa shape index (κ1) is 20.3. The zero-order chi connectivity index (χ0) is 21.1. The van der Waals surface area contributed by atoms with Crippen molar-refractivity contribution in [1.82, 2.24) is 20.2 Å². The molecule has 6 nitrogen and oxygen atoms in total. The highest BCUT2D eigenvalue weighted by atomic mass is 16.1. The molecule has 0 bridgehead atoms. The molecule has 2 aromatic heterocycles. The second-order valence-electron chi connectivity index (χ2n) is 7.95. The number of nitrogens with one attached hydrogen (secondary N) is 1. The molecule has 1 N–H and O–H groups in total. The third-order valence-electron chi connectivity index (χ3n) is 5.81. The molecule has 3 heterocycles. The summed E-state index contributed by atoms with van der Waals surface area (Å²) in [5, 5.41) is 3.99. The minimum absolute atomic E-state index is 0.108. The van der Waals surface area contributed by atoms with Gasteiger partial charge in [-0.25, -0.2) is 4.98 Å². The van der Waals surface area contributed by atoms with Crippen LogP contribution in [0, 0.1) is 13.8 Å². The van der Waals surface area contributed by atoms with E-state index >= 15 is 0 Å². The van der Waals surface area contributed by atoms with Gasteiger partial charge in [0.1, 0.15) is 5.82 Å². The molecule has 0 aliphatic carbocycles. The van der Waals surface area contributed by atoms with Gasteiger partial charge in [-0.1, -0.05) is 24.6 Å². The molecule has 1 fully saturated rings. The maximum atomic E-state index is 12.8. The van der Waals surface area contributed by atoms with Gasteiger partial charge in [-0.2, -0.15) is 0 Å². The number of rotatable bonds is 5. The van der Waals surface area contributed by atoms with E-state index in [-0.39, 0.29) is 5.91 Å². The first-order valence-electron chi connectivity index (χ1n) is 10.6. The molecule has 1 aliphatic rings. The van der Waals surface area contributed by atoms with E-state index in [4.69, 9.17) is 0 Å². The van der Waals surface area contributed by atoms with Crippen LogP contribution < -0.4 is 10.2 Å². The standard InChI is InChI=1S/C24H29N5O/c1-4-28-9-11-29(12-10-28)23-8-6-19(15-25-23)16-26-24(30)21-14-20-13-17(2)5-7-22(20)27-18(21)3/h5-8,13-15H,4,9-12,16H2,1-3H3,(H,26,30). The van der Waals surface area contributed by atoms with Crippen LogP contribution in [0.3, 0.4) is 0 Å². The van der Waals surface area contributed by atoms with Crippen molar-refractivity contribution in [3.05, 3.63) is 65.0 Å². The van der Waals surface area contributed by atoms with Crippen molar-refractivity contribution in [2.24, 2.45) is 0 Å². The van der Waals surface area contributed by atoms with Crippen LogP contribution in [0.15, 0.2) is 42.6 Å². The van der Waals surface area contributed by atoms with Crippen LogP contribution in [0.4, 0.5) is 5.82 Å². The molecule has 0 atom stereocenters. The minimum Gasteiger partial charge on any atom is -0.354 e. The third-order valence-corrected chi connectivity index (χ3v) is 5.81. The first-order valence-corrected chi connectivity index (χ1v) is 10.6. The molecule has 1 aliphatic heterocycles. The molecule has 156 valence electrons. The van der Waals surface area contributed by atoms with Crippen LogP contribution in [-0.4, -0.2) is 53.5 Å².